The molecular formula is C13H13N3O2. The lowest BCUT2D eigenvalue weighted by molar-refractivity contribution is 0.301. The molecule has 0 atom stereocenters. The molecule has 0 saturated heterocycles. The van der Waals surface area contributed by atoms with Gasteiger partial charge in [0.05, 0.1) is 6.20 Å². The summed E-state index contributed by atoms with van der Waals surface area (Å²) in [6, 6.07) is 7.35. The van der Waals surface area contributed by atoms with E-state index in [4.69, 9.17) is 9.84 Å². The third-order valence-electron chi connectivity index (χ3n) is 2.20. The molecule has 5 heteroatoms. The van der Waals surface area contributed by atoms with Crippen LogP contribution in [0.15, 0.2) is 30.5 Å². The van der Waals surface area contributed by atoms with Crippen molar-refractivity contribution < 1.29 is 9.84 Å². The van der Waals surface area contributed by atoms with Crippen LogP contribution in [0.1, 0.15) is 11.3 Å². The second kappa shape index (κ2) is 5.84. The molecule has 0 amide bonds. The first-order valence-corrected chi connectivity index (χ1v) is 5.46. The quantitative estimate of drug-likeness (QED) is 0.808. The molecule has 0 saturated carbocycles. The van der Waals surface area contributed by atoms with Gasteiger partial charge in [-0.3, -0.25) is 4.68 Å². The second-order valence-corrected chi connectivity index (χ2v) is 3.66. The third-order valence-corrected chi connectivity index (χ3v) is 2.20. The van der Waals surface area contributed by atoms with Crippen molar-refractivity contribution in [3.63, 3.8) is 0 Å². The Morgan fingerprint density at radius 2 is 2.11 bits per heavy atom. The van der Waals surface area contributed by atoms with Crippen LogP contribution in [0, 0.1) is 11.8 Å². The minimum atomic E-state index is -0.134. The van der Waals surface area contributed by atoms with Crippen LogP contribution in [0.3, 0.4) is 0 Å². The van der Waals surface area contributed by atoms with E-state index in [0.717, 1.165) is 17.0 Å². The molecule has 2 aromatic rings. The number of benzene rings is 1. The fraction of sp³-hybridized carbons (Fsp3) is 0.231. The van der Waals surface area contributed by atoms with Gasteiger partial charge in [-0.1, -0.05) is 17.1 Å². The van der Waals surface area contributed by atoms with Crippen LogP contribution in [0.5, 0.6) is 5.75 Å². The molecule has 0 aliphatic heterocycles. The zero-order chi connectivity index (χ0) is 12.8. The van der Waals surface area contributed by atoms with Crippen molar-refractivity contribution in [3.8, 4) is 17.6 Å². The van der Waals surface area contributed by atoms with Gasteiger partial charge in [-0.05, 0) is 24.3 Å². The summed E-state index contributed by atoms with van der Waals surface area (Å²) in [5, 5.41) is 16.3. The van der Waals surface area contributed by atoms with Gasteiger partial charge in [0.15, 0.2) is 0 Å². The highest BCUT2D eigenvalue weighted by Crippen LogP contribution is 2.12. The fourth-order valence-electron chi connectivity index (χ4n) is 1.39. The average Bonchev–Trinajstić information content (AvgIpc) is 2.81. The van der Waals surface area contributed by atoms with Crippen molar-refractivity contribution in [1.29, 1.82) is 0 Å². The molecule has 0 fully saturated rings. The van der Waals surface area contributed by atoms with Crippen LogP contribution in [0.2, 0.25) is 0 Å². The monoisotopic (exact) mass is 243 g/mol. The Hall–Kier alpha value is -2.32. The summed E-state index contributed by atoms with van der Waals surface area (Å²) < 4.78 is 7.18. The molecule has 5 nitrogen and oxygen atoms in total. The Morgan fingerprint density at radius 1 is 1.33 bits per heavy atom. The first kappa shape index (κ1) is 12.1. The maximum Gasteiger partial charge on any atom is 0.134 e. The SMILES string of the molecule is Cn1cc(COc2ccc(C#CCO)cc2)nn1. The predicted molar refractivity (Wildman–Crippen MR) is 65.7 cm³/mol. The number of ether oxygens (including phenoxy) is 1. The molecule has 0 bridgehead atoms. The molecular weight excluding hydrogens is 230 g/mol. The zero-order valence-corrected chi connectivity index (χ0v) is 10.00. The average molecular weight is 243 g/mol. The summed E-state index contributed by atoms with van der Waals surface area (Å²) >= 11 is 0. The van der Waals surface area contributed by atoms with Crippen LogP contribution in [-0.4, -0.2) is 26.7 Å². The number of aryl methyl sites for hydroxylation is 1. The van der Waals surface area contributed by atoms with Crippen molar-refractivity contribution in [2.24, 2.45) is 7.05 Å². The minimum Gasteiger partial charge on any atom is -0.487 e. The van der Waals surface area contributed by atoms with Gasteiger partial charge in [0.2, 0.25) is 0 Å². The van der Waals surface area contributed by atoms with Gasteiger partial charge < -0.3 is 9.84 Å². The topological polar surface area (TPSA) is 60.2 Å². The summed E-state index contributed by atoms with van der Waals surface area (Å²) in [6.45, 7) is 0.250. The molecule has 0 aliphatic carbocycles. The van der Waals surface area contributed by atoms with E-state index < -0.39 is 0 Å². The van der Waals surface area contributed by atoms with Gasteiger partial charge in [-0.25, -0.2) is 0 Å². The van der Waals surface area contributed by atoms with Crippen molar-refractivity contribution in [2.45, 2.75) is 6.61 Å². The van der Waals surface area contributed by atoms with Gasteiger partial charge in [0, 0.05) is 12.6 Å². The molecule has 1 aromatic heterocycles. The molecule has 92 valence electrons. The number of hydrogen-bond donors (Lipinski definition) is 1. The largest absolute Gasteiger partial charge is 0.487 e. The smallest absolute Gasteiger partial charge is 0.134 e. The summed E-state index contributed by atoms with van der Waals surface area (Å²) in [5.74, 6) is 6.15. The Kier molecular flexibility index (Phi) is 3.94. The van der Waals surface area contributed by atoms with E-state index >= 15 is 0 Å². The van der Waals surface area contributed by atoms with E-state index in [1.807, 2.05) is 31.3 Å². The van der Waals surface area contributed by atoms with Gasteiger partial charge in [0.1, 0.15) is 24.7 Å². The first-order chi connectivity index (χ1) is 8.78. The van der Waals surface area contributed by atoms with E-state index in [1.54, 1.807) is 10.9 Å². The Bertz CT molecular complexity index is 564. The van der Waals surface area contributed by atoms with E-state index in [0.29, 0.717) is 6.61 Å². The Balaban J connectivity index is 1.94. The number of aromatic nitrogens is 3. The van der Waals surface area contributed by atoms with Crippen LogP contribution in [0.25, 0.3) is 0 Å². The number of aliphatic hydroxyl groups is 1. The molecule has 1 aromatic carbocycles. The maximum atomic E-state index is 8.58. The molecule has 18 heavy (non-hydrogen) atoms. The van der Waals surface area contributed by atoms with Gasteiger partial charge >= 0.3 is 0 Å². The summed E-state index contributed by atoms with van der Waals surface area (Å²) in [5.41, 5.74) is 1.62. The molecule has 0 unspecified atom stereocenters. The Morgan fingerprint density at radius 3 is 2.72 bits per heavy atom. The minimum absolute atomic E-state index is 0.134. The molecule has 1 N–H and O–H groups in total. The molecule has 1 heterocycles. The first-order valence-electron chi connectivity index (χ1n) is 5.46. The van der Waals surface area contributed by atoms with E-state index in [-0.39, 0.29) is 6.61 Å². The van der Waals surface area contributed by atoms with E-state index in [1.165, 1.54) is 0 Å². The highest BCUT2D eigenvalue weighted by atomic mass is 16.5. The lowest BCUT2D eigenvalue weighted by atomic mass is 10.2. The highest BCUT2D eigenvalue weighted by Gasteiger charge is 1.99. The van der Waals surface area contributed by atoms with Crippen molar-refractivity contribution in [3.05, 3.63) is 41.7 Å². The van der Waals surface area contributed by atoms with Crippen LogP contribution in [-0.2, 0) is 13.7 Å². The van der Waals surface area contributed by atoms with Gasteiger partial charge in [0.25, 0.3) is 0 Å². The number of aliphatic hydroxyl groups excluding tert-OH is 1. The lowest BCUT2D eigenvalue weighted by Crippen LogP contribution is -1.95. The van der Waals surface area contributed by atoms with E-state index in [9.17, 15) is 0 Å². The summed E-state index contributed by atoms with van der Waals surface area (Å²) in [4.78, 5) is 0. The third kappa shape index (κ3) is 3.34. The Labute approximate surface area is 105 Å². The normalized spacial score (nSPS) is 9.67. The number of hydrogen-bond acceptors (Lipinski definition) is 4. The maximum absolute atomic E-state index is 8.58. The van der Waals surface area contributed by atoms with Gasteiger partial charge in [-0.15, -0.1) is 5.10 Å². The zero-order valence-electron chi connectivity index (χ0n) is 10.00. The van der Waals surface area contributed by atoms with E-state index in [2.05, 4.69) is 22.2 Å². The van der Waals surface area contributed by atoms with Crippen molar-refractivity contribution >= 4 is 0 Å². The molecule has 0 radical (unpaired) electrons. The van der Waals surface area contributed by atoms with Crippen LogP contribution < -0.4 is 4.74 Å². The fourth-order valence-corrected chi connectivity index (χ4v) is 1.39. The molecule has 2 rings (SSSR count). The van der Waals surface area contributed by atoms with Gasteiger partial charge in [-0.2, -0.15) is 0 Å². The lowest BCUT2D eigenvalue weighted by Gasteiger charge is -2.03. The standard InChI is InChI=1S/C13H13N3O2/c1-16-9-12(14-15-16)10-18-13-6-4-11(5-7-13)3-2-8-17/h4-7,9,17H,8,10H2,1H3. The van der Waals surface area contributed by atoms with Crippen molar-refractivity contribution in [1.82, 2.24) is 15.0 Å². The number of rotatable bonds is 3. The summed E-state index contributed by atoms with van der Waals surface area (Å²) in [7, 11) is 1.81. The van der Waals surface area contributed by atoms with Crippen LogP contribution in [0.4, 0.5) is 0 Å². The van der Waals surface area contributed by atoms with Crippen molar-refractivity contribution in [2.75, 3.05) is 6.61 Å². The van der Waals surface area contributed by atoms with Crippen LogP contribution >= 0.6 is 0 Å². The predicted octanol–water partition coefficient (Wildman–Crippen LogP) is 0.738. The summed E-state index contributed by atoms with van der Waals surface area (Å²) in [6.07, 6.45) is 1.81. The molecule has 0 spiro atoms. The highest BCUT2D eigenvalue weighted by molar-refractivity contribution is 5.38. The number of nitrogens with zero attached hydrogens (tertiary/aromatic N) is 3. The second-order valence-electron chi connectivity index (χ2n) is 3.66. The molecule has 0 aliphatic rings.